The maximum Gasteiger partial charge on any atom is 0.267 e. The van der Waals surface area contributed by atoms with Crippen LogP contribution in [0.1, 0.15) is 15.2 Å². The molecule has 4 aromatic rings. The lowest BCUT2D eigenvalue weighted by atomic mass is 10.1. The Bertz CT molecular complexity index is 1240. The van der Waals surface area contributed by atoms with Crippen LogP contribution in [0.4, 0.5) is 13.9 Å². The lowest BCUT2D eigenvalue weighted by molar-refractivity contribution is 0.102. The van der Waals surface area contributed by atoms with Gasteiger partial charge in [0, 0.05) is 33.7 Å². The van der Waals surface area contributed by atoms with Crippen molar-refractivity contribution in [2.75, 3.05) is 19.5 Å². The molecule has 1 N–H and O–H groups in total. The summed E-state index contributed by atoms with van der Waals surface area (Å²) in [5, 5.41) is 5.17. The molecule has 2 aromatic carbocycles. The lowest BCUT2D eigenvalue weighted by Gasteiger charge is -2.06. The summed E-state index contributed by atoms with van der Waals surface area (Å²) in [7, 11) is 2.98. The number of ether oxygens (including phenoxy) is 2. The Kier molecular flexibility index (Phi) is 5.76. The van der Waals surface area contributed by atoms with E-state index in [0.29, 0.717) is 42.7 Å². The van der Waals surface area contributed by atoms with Crippen molar-refractivity contribution in [3.8, 4) is 17.0 Å². The first-order chi connectivity index (χ1) is 14.5. The molecule has 0 saturated carbocycles. The van der Waals surface area contributed by atoms with Crippen molar-refractivity contribution >= 4 is 43.8 Å². The highest BCUT2D eigenvalue weighted by atomic mass is 32.1. The molecule has 0 aliphatic carbocycles. The van der Waals surface area contributed by atoms with E-state index in [0.717, 1.165) is 0 Å². The number of nitrogens with one attached hydrogen (secondary N) is 1. The molecule has 0 aliphatic heterocycles. The van der Waals surface area contributed by atoms with Gasteiger partial charge in [0.25, 0.3) is 5.91 Å². The minimum absolute atomic E-state index is 0.104. The molecule has 4 rings (SSSR count). The molecule has 2 heterocycles. The van der Waals surface area contributed by atoms with Crippen molar-refractivity contribution in [1.29, 1.82) is 0 Å². The molecule has 1 amide bonds. The largest absolute Gasteiger partial charge is 0.496 e. The average Bonchev–Trinajstić information content (AvgIpc) is 3.34. The Morgan fingerprint density at radius 3 is 2.80 bits per heavy atom. The number of hydrogen-bond acceptors (Lipinski definition) is 6. The lowest BCUT2D eigenvalue weighted by Crippen LogP contribution is -2.12. The molecule has 154 valence electrons. The predicted molar refractivity (Wildman–Crippen MR) is 115 cm³/mol. The Morgan fingerprint density at radius 1 is 1.20 bits per heavy atom. The highest BCUT2D eigenvalue weighted by Crippen LogP contribution is 2.36. The van der Waals surface area contributed by atoms with E-state index in [1.54, 1.807) is 17.5 Å². The zero-order valence-corrected chi connectivity index (χ0v) is 17.6. The summed E-state index contributed by atoms with van der Waals surface area (Å²) in [5.41, 5.74) is 1.46. The SMILES string of the molecule is COCc1c(C(=O)Nc2nc(-c3cc(F)ccc3OC)cs2)sc2cccc(F)c12. The van der Waals surface area contributed by atoms with Gasteiger partial charge in [-0.2, -0.15) is 0 Å². The molecular weight excluding hydrogens is 430 g/mol. The highest BCUT2D eigenvalue weighted by molar-refractivity contribution is 7.21. The van der Waals surface area contributed by atoms with Crippen LogP contribution in [0.25, 0.3) is 21.3 Å². The number of amides is 1. The quantitative estimate of drug-likeness (QED) is 0.412. The molecular formula is C21H16F2N2O3S2. The van der Waals surface area contributed by atoms with Crippen LogP contribution in [0, 0.1) is 11.6 Å². The van der Waals surface area contributed by atoms with E-state index < -0.39 is 17.5 Å². The predicted octanol–water partition coefficient (Wildman–Crippen LogP) is 5.71. The van der Waals surface area contributed by atoms with E-state index in [-0.39, 0.29) is 6.61 Å². The summed E-state index contributed by atoms with van der Waals surface area (Å²) in [5.74, 6) is -0.748. The molecule has 0 spiro atoms. The van der Waals surface area contributed by atoms with Crippen LogP contribution in [-0.4, -0.2) is 25.1 Å². The number of benzene rings is 2. The van der Waals surface area contributed by atoms with Gasteiger partial charge in [0.2, 0.25) is 0 Å². The van der Waals surface area contributed by atoms with Crippen molar-refractivity contribution in [1.82, 2.24) is 4.98 Å². The van der Waals surface area contributed by atoms with Gasteiger partial charge in [0.15, 0.2) is 5.13 Å². The number of nitrogens with zero attached hydrogens (tertiary/aromatic N) is 1. The first kappa shape index (κ1) is 20.4. The first-order valence-corrected chi connectivity index (χ1v) is 10.5. The van der Waals surface area contributed by atoms with Gasteiger partial charge in [-0.1, -0.05) is 6.07 Å². The first-order valence-electron chi connectivity index (χ1n) is 8.81. The molecule has 2 aromatic heterocycles. The van der Waals surface area contributed by atoms with Crippen molar-refractivity contribution in [2.45, 2.75) is 6.61 Å². The van der Waals surface area contributed by atoms with Crippen molar-refractivity contribution < 1.29 is 23.0 Å². The molecule has 9 heteroatoms. The van der Waals surface area contributed by atoms with Crippen LogP contribution in [0.2, 0.25) is 0 Å². The number of carbonyl (C=O) groups is 1. The Morgan fingerprint density at radius 2 is 2.03 bits per heavy atom. The van der Waals surface area contributed by atoms with E-state index in [9.17, 15) is 13.6 Å². The molecule has 5 nitrogen and oxygen atoms in total. The zero-order chi connectivity index (χ0) is 21.3. The number of fused-ring (bicyclic) bond motifs is 1. The summed E-state index contributed by atoms with van der Waals surface area (Å²) in [6.45, 7) is 0.104. The van der Waals surface area contributed by atoms with Crippen LogP contribution in [0.3, 0.4) is 0 Å². The normalized spacial score (nSPS) is 11.1. The van der Waals surface area contributed by atoms with Crippen LogP contribution < -0.4 is 10.1 Å². The van der Waals surface area contributed by atoms with E-state index in [4.69, 9.17) is 9.47 Å². The Balaban J connectivity index is 1.65. The van der Waals surface area contributed by atoms with Crippen LogP contribution in [0.5, 0.6) is 5.75 Å². The molecule has 0 bridgehead atoms. The fourth-order valence-electron chi connectivity index (χ4n) is 3.12. The summed E-state index contributed by atoms with van der Waals surface area (Å²) < 4.78 is 39.1. The van der Waals surface area contributed by atoms with Crippen molar-refractivity contribution in [2.24, 2.45) is 0 Å². The molecule has 0 saturated heterocycles. The van der Waals surface area contributed by atoms with E-state index >= 15 is 0 Å². The third-order valence-electron chi connectivity index (χ3n) is 4.42. The fourth-order valence-corrected chi connectivity index (χ4v) is 4.94. The summed E-state index contributed by atoms with van der Waals surface area (Å²) in [6, 6.07) is 8.86. The third-order valence-corrected chi connectivity index (χ3v) is 6.37. The maximum absolute atomic E-state index is 14.3. The second-order valence-corrected chi connectivity index (χ2v) is 8.20. The number of aromatic nitrogens is 1. The number of hydrogen-bond donors (Lipinski definition) is 1. The fraction of sp³-hybridized carbons (Fsp3) is 0.143. The van der Waals surface area contributed by atoms with Gasteiger partial charge in [-0.05, 0) is 30.3 Å². The zero-order valence-electron chi connectivity index (χ0n) is 16.0. The highest BCUT2D eigenvalue weighted by Gasteiger charge is 2.22. The second-order valence-electron chi connectivity index (χ2n) is 6.29. The number of thiophene rings is 1. The molecule has 30 heavy (non-hydrogen) atoms. The molecule has 0 fully saturated rings. The summed E-state index contributed by atoms with van der Waals surface area (Å²) in [4.78, 5) is 17.7. The second kappa shape index (κ2) is 8.47. The monoisotopic (exact) mass is 446 g/mol. The molecule has 0 radical (unpaired) electrons. The number of halogens is 2. The van der Waals surface area contributed by atoms with Crippen LogP contribution in [0.15, 0.2) is 41.8 Å². The minimum atomic E-state index is -0.416. The standard InChI is InChI=1S/C21H16F2N2O3S2/c1-27-9-13-18-14(23)4-3-5-17(18)30-19(13)20(26)25-21-24-15(10-29-21)12-8-11(22)6-7-16(12)28-2/h3-8,10H,9H2,1-2H3,(H,24,25,26). The Hall–Kier alpha value is -2.88. The average molecular weight is 447 g/mol. The van der Waals surface area contributed by atoms with E-state index in [2.05, 4.69) is 10.3 Å². The van der Waals surface area contributed by atoms with Gasteiger partial charge in [-0.25, -0.2) is 13.8 Å². The van der Waals surface area contributed by atoms with Crippen molar-refractivity contribution in [3.05, 3.63) is 63.9 Å². The van der Waals surface area contributed by atoms with Gasteiger partial charge in [-0.15, -0.1) is 22.7 Å². The third kappa shape index (κ3) is 3.79. The number of anilines is 1. The van der Waals surface area contributed by atoms with Gasteiger partial charge in [-0.3, -0.25) is 10.1 Å². The van der Waals surface area contributed by atoms with Gasteiger partial charge in [0.1, 0.15) is 17.4 Å². The summed E-state index contributed by atoms with van der Waals surface area (Å²) >= 11 is 2.39. The van der Waals surface area contributed by atoms with Gasteiger partial charge in [0.05, 0.1) is 24.3 Å². The molecule has 0 unspecified atom stereocenters. The number of methoxy groups -OCH3 is 2. The minimum Gasteiger partial charge on any atom is -0.496 e. The molecule has 0 atom stereocenters. The number of carbonyl (C=O) groups excluding carboxylic acids is 1. The smallest absolute Gasteiger partial charge is 0.267 e. The Labute approximate surface area is 178 Å². The van der Waals surface area contributed by atoms with Crippen LogP contribution in [-0.2, 0) is 11.3 Å². The van der Waals surface area contributed by atoms with Gasteiger partial charge >= 0.3 is 0 Å². The van der Waals surface area contributed by atoms with Gasteiger partial charge < -0.3 is 9.47 Å². The van der Waals surface area contributed by atoms with E-state index in [1.807, 2.05) is 0 Å². The molecule has 0 aliphatic rings. The number of rotatable bonds is 6. The van der Waals surface area contributed by atoms with E-state index in [1.165, 1.54) is 61.2 Å². The maximum atomic E-state index is 14.3. The van der Waals surface area contributed by atoms with Crippen LogP contribution >= 0.6 is 22.7 Å². The number of thiazole rings is 1. The topological polar surface area (TPSA) is 60.5 Å². The van der Waals surface area contributed by atoms with Crippen molar-refractivity contribution in [3.63, 3.8) is 0 Å². The summed E-state index contributed by atoms with van der Waals surface area (Å²) in [6.07, 6.45) is 0.